The van der Waals surface area contributed by atoms with E-state index in [1.165, 1.54) is 0 Å². The van der Waals surface area contributed by atoms with Crippen molar-refractivity contribution in [3.05, 3.63) is 48.4 Å². The fraction of sp³-hybridized carbons (Fsp3) is 0.462. The third-order valence-corrected chi connectivity index (χ3v) is 6.84. The first kappa shape index (κ1) is 25.4. The zero-order valence-corrected chi connectivity index (χ0v) is 20.6. The molecule has 0 saturated heterocycles. The Bertz CT molecular complexity index is 1270. The number of methoxy groups -OCH3 is 1. The number of nitriles is 1. The van der Waals surface area contributed by atoms with Gasteiger partial charge in [-0.3, -0.25) is 0 Å². The van der Waals surface area contributed by atoms with Gasteiger partial charge in [-0.1, -0.05) is 18.2 Å². The van der Waals surface area contributed by atoms with Crippen LogP contribution >= 0.6 is 0 Å². The van der Waals surface area contributed by atoms with Gasteiger partial charge in [-0.05, 0) is 44.2 Å². The van der Waals surface area contributed by atoms with E-state index >= 15 is 0 Å². The second-order valence-corrected chi connectivity index (χ2v) is 9.15. The molecule has 2 amide bonds. The first-order valence-corrected chi connectivity index (χ1v) is 12.1. The zero-order chi connectivity index (χ0) is 25.9. The topological polar surface area (TPSA) is 95.6 Å². The van der Waals surface area contributed by atoms with Gasteiger partial charge in [0.15, 0.2) is 5.65 Å². The third kappa shape index (κ3) is 5.25. The number of amides is 2. The highest BCUT2D eigenvalue weighted by molar-refractivity contribution is 5.75. The number of imidazole rings is 1. The molecule has 36 heavy (non-hydrogen) atoms. The van der Waals surface area contributed by atoms with Crippen LogP contribution in [0.1, 0.15) is 51.1 Å². The molecule has 1 aliphatic carbocycles. The van der Waals surface area contributed by atoms with Crippen LogP contribution in [0.3, 0.4) is 0 Å². The van der Waals surface area contributed by atoms with Gasteiger partial charge in [0.1, 0.15) is 6.04 Å². The van der Waals surface area contributed by atoms with Crippen molar-refractivity contribution in [2.24, 2.45) is 5.92 Å². The van der Waals surface area contributed by atoms with Crippen LogP contribution in [-0.4, -0.2) is 50.9 Å². The fourth-order valence-corrected chi connectivity index (χ4v) is 4.88. The van der Waals surface area contributed by atoms with Gasteiger partial charge in [0.2, 0.25) is 5.92 Å². The van der Waals surface area contributed by atoms with Crippen LogP contribution in [0.5, 0.6) is 5.88 Å². The number of carbonyl (C=O) groups excluding carboxylic acids is 1. The van der Waals surface area contributed by atoms with Crippen LogP contribution in [-0.2, 0) is 0 Å². The Labute approximate surface area is 208 Å². The molecule has 0 spiro atoms. The number of aromatic nitrogens is 3. The van der Waals surface area contributed by atoms with Gasteiger partial charge < -0.3 is 19.4 Å². The maximum absolute atomic E-state index is 13.9. The highest BCUT2D eigenvalue weighted by Gasteiger charge is 2.40. The Hall–Kier alpha value is -3.74. The molecule has 1 fully saturated rings. The van der Waals surface area contributed by atoms with E-state index in [0.717, 1.165) is 11.1 Å². The van der Waals surface area contributed by atoms with E-state index in [1.807, 2.05) is 61.0 Å². The average Bonchev–Trinajstić information content (AvgIpc) is 3.35. The molecule has 1 N–H and O–H groups in total. The Balaban J connectivity index is 1.54. The summed E-state index contributed by atoms with van der Waals surface area (Å²) in [7, 11) is 1.54. The zero-order valence-electron chi connectivity index (χ0n) is 20.6. The Morgan fingerprint density at radius 3 is 2.94 bits per heavy atom. The SMILES string of the molecule is CCN(C(=O)NC(C#N)C1CCCC(F)(F)C1)[C@H](C)c1cccc(-c2cn3ccnc3c(OC)n2)c1. The standard InChI is InChI=1S/C26H30F2N6O2/c1-4-34(25(35)32-21(15-29)20-9-6-10-26(27,28)14-20)17(2)18-7-5-8-19(13-18)22-16-33-12-11-30-23(33)24(31-22)36-3/h5,7-8,11-13,16-17,20-21H,4,6,9-10,14H2,1-3H3,(H,32,35)/t17-,20?,21?/m1/s1. The molecule has 1 aromatic carbocycles. The number of hydrogen-bond donors (Lipinski definition) is 1. The van der Waals surface area contributed by atoms with Crippen molar-refractivity contribution in [2.75, 3.05) is 13.7 Å². The average molecular weight is 497 g/mol. The number of halogens is 2. The molecular weight excluding hydrogens is 466 g/mol. The number of fused-ring (bicyclic) bond motifs is 1. The largest absolute Gasteiger partial charge is 0.478 e. The molecule has 0 radical (unpaired) electrons. The maximum Gasteiger partial charge on any atom is 0.318 e. The number of nitrogens with one attached hydrogen (secondary N) is 1. The minimum atomic E-state index is -2.79. The molecular formula is C26H30F2N6O2. The summed E-state index contributed by atoms with van der Waals surface area (Å²) in [6, 6.07) is 7.97. The van der Waals surface area contributed by atoms with Gasteiger partial charge in [0.05, 0.1) is 24.9 Å². The summed E-state index contributed by atoms with van der Waals surface area (Å²) >= 11 is 0. The molecule has 8 nitrogen and oxygen atoms in total. The molecule has 2 unspecified atom stereocenters. The number of benzene rings is 1. The van der Waals surface area contributed by atoms with Crippen molar-refractivity contribution in [3.8, 4) is 23.2 Å². The number of ether oxygens (including phenoxy) is 1. The smallest absolute Gasteiger partial charge is 0.318 e. The fourth-order valence-electron chi connectivity index (χ4n) is 4.88. The molecule has 10 heteroatoms. The summed E-state index contributed by atoms with van der Waals surface area (Å²) in [6.45, 7) is 4.12. The molecule has 0 bridgehead atoms. The van der Waals surface area contributed by atoms with Gasteiger partial charge in [0.25, 0.3) is 5.88 Å². The second kappa shape index (κ2) is 10.5. The van der Waals surface area contributed by atoms with Gasteiger partial charge in [-0.15, -0.1) is 0 Å². The van der Waals surface area contributed by atoms with Gasteiger partial charge in [-0.2, -0.15) is 5.26 Å². The summed E-state index contributed by atoms with van der Waals surface area (Å²) < 4.78 is 35.0. The predicted octanol–water partition coefficient (Wildman–Crippen LogP) is 5.22. The van der Waals surface area contributed by atoms with Gasteiger partial charge in [-0.25, -0.2) is 23.5 Å². The summed E-state index contributed by atoms with van der Waals surface area (Å²) in [4.78, 5) is 23.6. The Morgan fingerprint density at radius 2 is 2.25 bits per heavy atom. The molecule has 3 atom stereocenters. The normalized spacial score (nSPS) is 18.7. The third-order valence-electron chi connectivity index (χ3n) is 6.84. The molecule has 190 valence electrons. The lowest BCUT2D eigenvalue weighted by atomic mass is 9.82. The summed E-state index contributed by atoms with van der Waals surface area (Å²) in [5, 5.41) is 12.3. The van der Waals surface area contributed by atoms with E-state index in [9.17, 15) is 18.8 Å². The van der Waals surface area contributed by atoms with E-state index < -0.39 is 23.9 Å². The van der Waals surface area contributed by atoms with Crippen LogP contribution in [0.2, 0.25) is 0 Å². The van der Waals surface area contributed by atoms with Crippen LogP contribution in [0, 0.1) is 17.2 Å². The predicted molar refractivity (Wildman–Crippen MR) is 131 cm³/mol. The van der Waals surface area contributed by atoms with Crippen molar-refractivity contribution in [1.82, 2.24) is 24.6 Å². The molecule has 0 aliphatic heterocycles. The highest BCUT2D eigenvalue weighted by atomic mass is 19.3. The molecule has 4 rings (SSSR count). The molecule has 1 aliphatic rings. The number of alkyl halides is 2. The molecule has 1 saturated carbocycles. The van der Waals surface area contributed by atoms with Gasteiger partial charge in [0, 0.05) is 43.5 Å². The van der Waals surface area contributed by atoms with Crippen LogP contribution < -0.4 is 10.1 Å². The Morgan fingerprint density at radius 1 is 1.44 bits per heavy atom. The number of carbonyl (C=O) groups is 1. The molecule has 2 heterocycles. The minimum absolute atomic E-state index is 0.168. The van der Waals surface area contributed by atoms with Gasteiger partial charge >= 0.3 is 6.03 Å². The lowest BCUT2D eigenvalue weighted by Crippen LogP contribution is -2.49. The van der Waals surface area contributed by atoms with Crippen LogP contribution in [0.15, 0.2) is 42.9 Å². The maximum atomic E-state index is 13.9. The van der Waals surface area contributed by atoms with E-state index in [1.54, 1.807) is 18.2 Å². The van der Waals surface area contributed by atoms with Crippen LogP contribution in [0.4, 0.5) is 13.6 Å². The van der Waals surface area contributed by atoms with Crippen molar-refractivity contribution in [2.45, 2.75) is 57.5 Å². The first-order valence-electron chi connectivity index (χ1n) is 12.1. The number of urea groups is 1. The van der Waals surface area contributed by atoms with Crippen molar-refractivity contribution < 1.29 is 18.3 Å². The highest BCUT2D eigenvalue weighted by Crippen LogP contribution is 2.38. The monoisotopic (exact) mass is 496 g/mol. The van der Waals surface area contributed by atoms with E-state index in [0.29, 0.717) is 36.6 Å². The molecule has 3 aromatic rings. The minimum Gasteiger partial charge on any atom is -0.478 e. The summed E-state index contributed by atoms with van der Waals surface area (Å²) in [6.07, 6.45) is 5.63. The van der Waals surface area contributed by atoms with E-state index in [2.05, 4.69) is 15.3 Å². The van der Waals surface area contributed by atoms with E-state index in [-0.39, 0.29) is 18.9 Å². The number of hydrogen-bond acceptors (Lipinski definition) is 5. The van der Waals surface area contributed by atoms with E-state index in [4.69, 9.17) is 4.74 Å². The number of rotatable bonds is 7. The van der Waals surface area contributed by atoms with Crippen LogP contribution in [0.25, 0.3) is 16.9 Å². The Kier molecular flexibility index (Phi) is 7.38. The lowest BCUT2D eigenvalue weighted by Gasteiger charge is -2.34. The summed E-state index contributed by atoms with van der Waals surface area (Å²) in [5.41, 5.74) is 3.00. The van der Waals surface area contributed by atoms with Crippen molar-refractivity contribution in [3.63, 3.8) is 0 Å². The quantitative estimate of drug-likeness (QED) is 0.484. The lowest BCUT2D eigenvalue weighted by molar-refractivity contribution is -0.0549. The summed E-state index contributed by atoms with van der Waals surface area (Å²) in [5.74, 6) is -2.96. The van der Waals surface area contributed by atoms with Crippen molar-refractivity contribution in [1.29, 1.82) is 5.26 Å². The number of nitrogens with zero attached hydrogens (tertiary/aromatic N) is 5. The first-order chi connectivity index (χ1) is 17.3. The molecule has 2 aromatic heterocycles. The van der Waals surface area contributed by atoms with Crippen molar-refractivity contribution >= 4 is 11.7 Å². The second-order valence-electron chi connectivity index (χ2n) is 9.15.